The van der Waals surface area contributed by atoms with Crippen LogP contribution in [0.2, 0.25) is 0 Å². The average Bonchev–Trinajstić information content (AvgIpc) is 2.85. The maximum Gasteiger partial charge on any atom is 0.119 e. The number of fused-ring (bicyclic) bond motifs is 1. The third-order valence-electron chi connectivity index (χ3n) is 3.72. The van der Waals surface area contributed by atoms with Crippen LogP contribution < -0.4 is 4.74 Å². The number of hydrogen-bond donors (Lipinski definition) is 0. The minimum Gasteiger partial charge on any atom is -0.497 e. The van der Waals surface area contributed by atoms with E-state index in [1.165, 1.54) is 16.7 Å². The number of benzene rings is 2. The highest BCUT2D eigenvalue weighted by Gasteiger charge is 2.22. The van der Waals surface area contributed by atoms with Crippen molar-refractivity contribution < 1.29 is 9.47 Å². The van der Waals surface area contributed by atoms with E-state index >= 15 is 0 Å². The normalized spacial score (nSPS) is 16.8. The van der Waals surface area contributed by atoms with Crippen LogP contribution in [0.1, 0.15) is 16.7 Å². The highest BCUT2D eigenvalue weighted by Crippen LogP contribution is 2.29. The van der Waals surface area contributed by atoms with Crippen LogP contribution in [0, 0.1) is 0 Å². The van der Waals surface area contributed by atoms with E-state index in [0.717, 1.165) is 27.5 Å². The molecular weight excluding hydrogens is 396 g/mol. The molecule has 0 N–H and O–H groups in total. The maximum atomic E-state index is 6.07. The summed E-state index contributed by atoms with van der Waals surface area (Å²) in [5, 5.41) is 0. The Bertz CT molecular complexity index is 635. The van der Waals surface area contributed by atoms with Gasteiger partial charge in [0.1, 0.15) is 5.75 Å². The largest absolute Gasteiger partial charge is 0.497 e. The number of ether oxygens (including phenoxy) is 2. The Labute approximate surface area is 141 Å². The lowest BCUT2D eigenvalue weighted by Gasteiger charge is -2.11. The fourth-order valence-corrected chi connectivity index (χ4v) is 4.10. The molecule has 110 valence electrons. The zero-order valence-corrected chi connectivity index (χ0v) is 14.9. The Morgan fingerprint density at radius 1 is 1.00 bits per heavy atom. The summed E-state index contributed by atoms with van der Waals surface area (Å²) in [6.07, 6.45) is 2.20. The van der Waals surface area contributed by atoms with E-state index in [1.807, 2.05) is 12.1 Å². The molecule has 0 amide bonds. The SMILES string of the molecule is COc1ccc2c(c1)CC(OCc1cc(Br)cc(Br)c1)C2. The van der Waals surface area contributed by atoms with Crippen molar-refractivity contribution in [2.45, 2.75) is 25.6 Å². The van der Waals surface area contributed by atoms with Gasteiger partial charge in [0, 0.05) is 8.95 Å². The first-order valence-corrected chi connectivity index (χ1v) is 8.45. The van der Waals surface area contributed by atoms with Gasteiger partial charge in [0.2, 0.25) is 0 Å². The van der Waals surface area contributed by atoms with Crippen LogP contribution >= 0.6 is 31.9 Å². The van der Waals surface area contributed by atoms with Crippen molar-refractivity contribution in [1.82, 2.24) is 0 Å². The zero-order valence-electron chi connectivity index (χ0n) is 11.7. The van der Waals surface area contributed by atoms with Gasteiger partial charge in [0.15, 0.2) is 0 Å². The molecule has 0 aliphatic heterocycles. The average molecular weight is 412 g/mol. The van der Waals surface area contributed by atoms with Gasteiger partial charge in [-0.25, -0.2) is 0 Å². The zero-order chi connectivity index (χ0) is 14.8. The minimum absolute atomic E-state index is 0.255. The number of rotatable bonds is 4. The van der Waals surface area contributed by atoms with Gasteiger partial charge in [-0.2, -0.15) is 0 Å². The summed E-state index contributed by atoms with van der Waals surface area (Å²) >= 11 is 7.01. The summed E-state index contributed by atoms with van der Waals surface area (Å²) < 4.78 is 13.5. The Morgan fingerprint density at radius 2 is 1.71 bits per heavy atom. The van der Waals surface area contributed by atoms with E-state index < -0.39 is 0 Å². The van der Waals surface area contributed by atoms with Crippen LogP contribution in [0.3, 0.4) is 0 Å². The standard InChI is InChI=1S/C17H16Br2O2/c1-20-16-3-2-12-6-17(8-13(12)7-16)21-10-11-4-14(18)9-15(19)5-11/h2-5,7,9,17H,6,8,10H2,1H3. The first kappa shape index (κ1) is 15.1. The van der Waals surface area contributed by atoms with Crippen molar-refractivity contribution >= 4 is 31.9 Å². The molecule has 0 heterocycles. The molecule has 2 aromatic rings. The van der Waals surface area contributed by atoms with E-state index in [9.17, 15) is 0 Å². The molecule has 0 saturated carbocycles. The quantitative estimate of drug-likeness (QED) is 0.711. The summed E-state index contributed by atoms with van der Waals surface area (Å²) in [6, 6.07) is 12.5. The first-order chi connectivity index (χ1) is 10.1. The molecule has 0 radical (unpaired) electrons. The van der Waals surface area contributed by atoms with Crippen molar-refractivity contribution in [3.63, 3.8) is 0 Å². The molecule has 1 aliphatic rings. The predicted octanol–water partition coefficient (Wildman–Crippen LogP) is 4.90. The third-order valence-corrected chi connectivity index (χ3v) is 4.63. The predicted molar refractivity (Wildman–Crippen MR) is 90.8 cm³/mol. The molecule has 1 atom stereocenters. The summed E-state index contributed by atoms with van der Waals surface area (Å²) in [5.74, 6) is 0.922. The molecule has 4 heteroatoms. The Hall–Kier alpha value is -0.840. The minimum atomic E-state index is 0.255. The molecule has 0 fully saturated rings. The first-order valence-electron chi connectivity index (χ1n) is 6.86. The van der Waals surface area contributed by atoms with Gasteiger partial charge in [-0.3, -0.25) is 0 Å². The van der Waals surface area contributed by atoms with Gasteiger partial charge in [0.25, 0.3) is 0 Å². The summed E-state index contributed by atoms with van der Waals surface area (Å²) in [6.45, 7) is 0.633. The van der Waals surface area contributed by atoms with Crippen LogP contribution in [0.15, 0.2) is 45.3 Å². The summed E-state index contributed by atoms with van der Waals surface area (Å²) in [5.41, 5.74) is 3.88. The Morgan fingerprint density at radius 3 is 2.43 bits per heavy atom. The summed E-state index contributed by atoms with van der Waals surface area (Å²) in [7, 11) is 1.70. The number of methoxy groups -OCH3 is 1. The van der Waals surface area contributed by atoms with Gasteiger partial charge in [0.05, 0.1) is 19.8 Å². The van der Waals surface area contributed by atoms with Gasteiger partial charge in [-0.15, -0.1) is 0 Å². The highest BCUT2D eigenvalue weighted by atomic mass is 79.9. The monoisotopic (exact) mass is 410 g/mol. The molecule has 21 heavy (non-hydrogen) atoms. The van der Waals surface area contributed by atoms with Gasteiger partial charge >= 0.3 is 0 Å². The fourth-order valence-electron chi connectivity index (χ4n) is 2.71. The molecule has 0 bridgehead atoms. The third kappa shape index (κ3) is 3.68. The van der Waals surface area contributed by atoms with E-state index in [2.05, 4.69) is 56.1 Å². The summed E-state index contributed by atoms with van der Waals surface area (Å²) in [4.78, 5) is 0. The van der Waals surface area contributed by atoms with Crippen LogP contribution in [-0.2, 0) is 24.2 Å². The molecule has 3 rings (SSSR count). The Kier molecular flexibility index (Phi) is 4.67. The van der Waals surface area contributed by atoms with E-state index in [-0.39, 0.29) is 6.10 Å². The van der Waals surface area contributed by atoms with Crippen molar-refractivity contribution in [3.05, 3.63) is 62.0 Å². The molecular formula is C17H16Br2O2. The molecule has 0 aromatic heterocycles. The van der Waals surface area contributed by atoms with E-state index in [0.29, 0.717) is 6.61 Å². The van der Waals surface area contributed by atoms with Crippen molar-refractivity contribution in [2.75, 3.05) is 7.11 Å². The second-order valence-corrected chi connectivity index (χ2v) is 7.08. The van der Waals surface area contributed by atoms with Crippen molar-refractivity contribution in [3.8, 4) is 5.75 Å². The van der Waals surface area contributed by atoms with Crippen LogP contribution in [0.4, 0.5) is 0 Å². The Balaban J connectivity index is 1.63. The van der Waals surface area contributed by atoms with Gasteiger partial charge in [-0.05, 0) is 59.9 Å². The maximum absolute atomic E-state index is 6.07. The lowest BCUT2D eigenvalue weighted by Crippen LogP contribution is -2.12. The smallest absolute Gasteiger partial charge is 0.119 e. The topological polar surface area (TPSA) is 18.5 Å². The van der Waals surface area contributed by atoms with Gasteiger partial charge in [-0.1, -0.05) is 37.9 Å². The lowest BCUT2D eigenvalue weighted by molar-refractivity contribution is 0.0479. The second kappa shape index (κ2) is 6.51. The number of hydrogen-bond acceptors (Lipinski definition) is 2. The lowest BCUT2D eigenvalue weighted by atomic mass is 10.1. The molecule has 1 aliphatic carbocycles. The fraction of sp³-hybridized carbons (Fsp3) is 0.294. The van der Waals surface area contributed by atoms with Crippen molar-refractivity contribution in [1.29, 1.82) is 0 Å². The van der Waals surface area contributed by atoms with Crippen LogP contribution in [0.5, 0.6) is 5.75 Å². The highest BCUT2D eigenvalue weighted by molar-refractivity contribution is 9.11. The molecule has 2 aromatic carbocycles. The number of halogens is 2. The van der Waals surface area contributed by atoms with Gasteiger partial charge < -0.3 is 9.47 Å². The van der Waals surface area contributed by atoms with E-state index in [1.54, 1.807) is 7.11 Å². The molecule has 2 nitrogen and oxygen atoms in total. The van der Waals surface area contributed by atoms with Crippen LogP contribution in [0.25, 0.3) is 0 Å². The van der Waals surface area contributed by atoms with Crippen molar-refractivity contribution in [2.24, 2.45) is 0 Å². The van der Waals surface area contributed by atoms with E-state index in [4.69, 9.17) is 9.47 Å². The van der Waals surface area contributed by atoms with Crippen LogP contribution in [-0.4, -0.2) is 13.2 Å². The molecule has 1 unspecified atom stereocenters. The molecule has 0 saturated heterocycles. The second-order valence-electron chi connectivity index (χ2n) is 5.25. The molecule has 0 spiro atoms.